The lowest BCUT2D eigenvalue weighted by atomic mass is 10.1. The quantitative estimate of drug-likeness (QED) is 0.537. The number of rotatable bonds is 2. The number of hydrogen-bond donors (Lipinski definition) is 1. The van der Waals surface area contributed by atoms with Crippen LogP contribution in [0.4, 0.5) is 5.13 Å². The normalized spacial score (nSPS) is 11.0. The molecule has 0 unspecified atom stereocenters. The van der Waals surface area contributed by atoms with E-state index in [9.17, 15) is 4.79 Å². The summed E-state index contributed by atoms with van der Waals surface area (Å²) in [6.45, 7) is 0. The Hall–Kier alpha value is -2.31. The number of nitrogens with zero attached hydrogens (tertiary/aromatic N) is 2. The van der Waals surface area contributed by atoms with Crippen LogP contribution in [0.5, 0.6) is 0 Å². The molecule has 1 N–H and O–H groups in total. The SMILES string of the molecule is O=C(Nc1nc2c(ccc3ccccc32)s1)c1cncc(Br)c1. The molecule has 0 spiro atoms. The molecule has 2 heterocycles. The summed E-state index contributed by atoms with van der Waals surface area (Å²) < 4.78 is 1.81. The summed E-state index contributed by atoms with van der Waals surface area (Å²) in [6.07, 6.45) is 3.17. The molecule has 0 saturated heterocycles. The number of thiazole rings is 1. The lowest BCUT2D eigenvalue weighted by Crippen LogP contribution is -2.11. The van der Waals surface area contributed by atoms with Gasteiger partial charge in [-0.1, -0.05) is 41.7 Å². The highest BCUT2D eigenvalue weighted by molar-refractivity contribution is 9.10. The van der Waals surface area contributed by atoms with E-state index >= 15 is 0 Å². The zero-order valence-electron chi connectivity index (χ0n) is 11.8. The summed E-state index contributed by atoms with van der Waals surface area (Å²) in [7, 11) is 0. The van der Waals surface area contributed by atoms with Crippen LogP contribution < -0.4 is 5.32 Å². The molecule has 4 rings (SSSR count). The van der Waals surface area contributed by atoms with Crippen molar-refractivity contribution in [3.05, 3.63) is 64.9 Å². The first-order valence-electron chi connectivity index (χ1n) is 6.91. The lowest BCUT2D eigenvalue weighted by molar-refractivity contribution is 0.102. The molecule has 112 valence electrons. The average Bonchev–Trinajstić information content (AvgIpc) is 2.97. The second-order valence-corrected chi connectivity index (χ2v) is 6.94. The molecule has 0 atom stereocenters. The van der Waals surface area contributed by atoms with Crippen molar-refractivity contribution in [1.29, 1.82) is 0 Å². The summed E-state index contributed by atoms with van der Waals surface area (Å²) in [5, 5.41) is 5.66. The predicted molar refractivity (Wildman–Crippen MR) is 97.0 cm³/mol. The Morgan fingerprint density at radius 3 is 2.87 bits per heavy atom. The standard InChI is InChI=1S/C17H10BrN3OS/c18-12-7-11(8-19-9-12)16(22)21-17-20-15-13-4-2-1-3-10(13)5-6-14(15)23-17/h1-9H,(H,20,21,22). The van der Waals surface area contributed by atoms with Crippen LogP contribution in [0.1, 0.15) is 10.4 Å². The van der Waals surface area contributed by atoms with Gasteiger partial charge in [0, 0.05) is 22.3 Å². The van der Waals surface area contributed by atoms with Gasteiger partial charge in [0.05, 0.1) is 15.8 Å². The molecule has 0 aliphatic heterocycles. The Bertz CT molecular complexity index is 1040. The van der Waals surface area contributed by atoms with E-state index in [1.54, 1.807) is 12.3 Å². The predicted octanol–water partition coefficient (Wildman–Crippen LogP) is 4.86. The minimum absolute atomic E-state index is 0.220. The number of benzene rings is 2. The summed E-state index contributed by atoms with van der Waals surface area (Å²) in [4.78, 5) is 20.9. The molecule has 4 nitrogen and oxygen atoms in total. The smallest absolute Gasteiger partial charge is 0.259 e. The number of nitrogens with one attached hydrogen (secondary N) is 1. The summed E-state index contributed by atoms with van der Waals surface area (Å²) >= 11 is 4.78. The van der Waals surface area contributed by atoms with Crippen molar-refractivity contribution >= 4 is 59.3 Å². The van der Waals surface area contributed by atoms with Gasteiger partial charge < -0.3 is 0 Å². The van der Waals surface area contributed by atoms with E-state index in [1.165, 1.54) is 17.5 Å². The van der Waals surface area contributed by atoms with Crippen LogP contribution in [-0.2, 0) is 0 Å². The van der Waals surface area contributed by atoms with Crippen LogP contribution in [0.2, 0.25) is 0 Å². The first-order chi connectivity index (χ1) is 11.2. The monoisotopic (exact) mass is 383 g/mol. The van der Waals surface area contributed by atoms with Gasteiger partial charge in [-0.15, -0.1) is 0 Å². The third kappa shape index (κ3) is 2.71. The van der Waals surface area contributed by atoms with E-state index in [0.29, 0.717) is 10.7 Å². The Labute approximate surface area is 144 Å². The maximum Gasteiger partial charge on any atom is 0.259 e. The Balaban J connectivity index is 1.72. The van der Waals surface area contributed by atoms with Gasteiger partial charge in [0.2, 0.25) is 0 Å². The fourth-order valence-corrected chi connectivity index (χ4v) is 3.66. The first-order valence-corrected chi connectivity index (χ1v) is 8.52. The van der Waals surface area contributed by atoms with Crippen molar-refractivity contribution in [1.82, 2.24) is 9.97 Å². The molecule has 0 aliphatic rings. The molecule has 0 aliphatic carbocycles. The molecule has 2 aromatic carbocycles. The Morgan fingerprint density at radius 1 is 1.13 bits per heavy atom. The highest BCUT2D eigenvalue weighted by Crippen LogP contribution is 2.31. The van der Waals surface area contributed by atoms with Crippen molar-refractivity contribution in [2.45, 2.75) is 0 Å². The number of pyridine rings is 1. The Kier molecular flexibility index (Phi) is 3.55. The largest absolute Gasteiger partial charge is 0.298 e. The molecule has 0 radical (unpaired) electrons. The molecule has 0 bridgehead atoms. The molecular formula is C17H10BrN3OS. The number of halogens is 1. The van der Waals surface area contributed by atoms with Crippen LogP contribution in [0, 0.1) is 0 Å². The van der Waals surface area contributed by atoms with Gasteiger partial charge in [0.1, 0.15) is 0 Å². The maximum atomic E-state index is 12.3. The van der Waals surface area contributed by atoms with Crippen molar-refractivity contribution in [3.8, 4) is 0 Å². The molecule has 23 heavy (non-hydrogen) atoms. The molecule has 4 aromatic rings. The van der Waals surface area contributed by atoms with Crippen molar-refractivity contribution in [2.24, 2.45) is 0 Å². The highest BCUT2D eigenvalue weighted by atomic mass is 79.9. The molecule has 0 saturated carbocycles. The average molecular weight is 384 g/mol. The molecule has 1 amide bonds. The lowest BCUT2D eigenvalue weighted by Gasteiger charge is -2.01. The van der Waals surface area contributed by atoms with E-state index in [1.807, 2.05) is 24.3 Å². The van der Waals surface area contributed by atoms with Gasteiger partial charge in [-0.2, -0.15) is 0 Å². The summed E-state index contributed by atoms with van der Waals surface area (Å²) in [5.74, 6) is -0.220. The Morgan fingerprint density at radius 2 is 2.00 bits per heavy atom. The second-order valence-electron chi connectivity index (χ2n) is 5.00. The van der Waals surface area contributed by atoms with Crippen LogP contribution in [0.3, 0.4) is 0 Å². The number of carbonyl (C=O) groups excluding carboxylic acids is 1. The van der Waals surface area contributed by atoms with Gasteiger partial charge in [0.25, 0.3) is 5.91 Å². The summed E-state index contributed by atoms with van der Waals surface area (Å²) in [6, 6.07) is 13.9. The zero-order valence-corrected chi connectivity index (χ0v) is 14.2. The fourth-order valence-electron chi connectivity index (χ4n) is 2.42. The number of carbonyl (C=O) groups is 1. The van der Waals surface area contributed by atoms with Gasteiger partial charge in [-0.05, 0) is 33.4 Å². The van der Waals surface area contributed by atoms with E-state index in [2.05, 4.69) is 43.3 Å². The van der Waals surface area contributed by atoms with Crippen molar-refractivity contribution in [2.75, 3.05) is 5.32 Å². The van der Waals surface area contributed by atoms with Crippen LogP contribution in [-0.4, -0.2) is 15.9 Å². The number of aromatic nitrogens is 2. The number of anilines is 1. The number of amides is 1. The van der Waals surface area contributed by atoms with Gasteiger partial charge in [0.15, 0.2) is 5.13 Å². The topological polar surface area (TPSA) is 54.9 Å². The third-order valence-corrected chi connectivity index (χ3v) is 4.84. The maximum absolute atomic E-state index is 12.3. The van der Waals surface area contributed by atoms with E-state index < -0.39 is 0 Å². The van der Waals surface area contributed by atoms with E-state index in [-0.39, 0.29) is 5.91 Å². The minimum Gasteiger partial charge on any atom is -0.298 e. The van der Waals surface area contributed by atoms with Crippen molar-refractivity contribution in [3.63, 3.8) is 0 Å². The number of fused-ring (bicyclic) bond motifs is 3. The van der Waals surface area contributed by atoms with Gasteiger partial charge >= 0.3 is 0 Å². The number of hydrogen-bond acceptors (Lipinski definition) is 4. The van der Waals surface area contributed by atoms with Crippen LogP contribution >= 0.6 is 27.3 Å². The van der Waals surface area contributed by atoms with Gasteiger partial charge in [-0.3, -0.25) is 15.1 Å². The molecule has 6 heteroatoms. The fraction of sp³-hybridized carbons (Fsp3) is 0. The minimum atomic E-state index is -0.220. The highest BCUT2D eigenvalue weighted by Gasteiger charge is 2.12. The molecular weight excluding hydrogens is 374 g/mol. The zero-order chi connectivity index (χ0) is 15.8. The molecule has 2 aromatic heterocycles. The molecule has 0 fully saturated rings. The third-order valence-electron chi connectivity index (χ3n) is 3.47. The first kappa shape index (κ1) is 14.3. The second kappa shape index (κ2) is 5.72. The van der Waals surface area contributed by atoms with Crippen molar-refractivity contribution < 1.29 is 4.79 Å². The van der Waals surface area contributed by atoms with Gasteiger partial charge in [-0.25, -0.2) is 4.98 Å². The van der Waals surface area contributed by atoms with Crippen LogP contribution in [0.15, 0.2) is 59.3 Å². The van der Waals surface area contributed by atoms with Crippen LogP contribution in [0.25, 0.3) is 21.0 Å². The van der Waals surface area contributed by atoms with E-state index in [0.717, 1.165) is 25.5 Å². The van der Waals surface area contributed by atoms with E-state index in [4.69, 9.17) is 0 Å². The summed E-state index contributed by atoms with van der Waals surface area (Å²) in [5.41, 5.74) is 1.40.